The van der Waals surface area contributed by atoms with Gasteiger partial charge in [-0.1, -0.05) is 29.8 Å². The summed E-state index contributed by atoms with van der Waals surface area (Å²) >= 11 is 6.03. The highest BCUT2D eigenvalue weighted by Gasteiger charge is 2.12. The van der Waals surface area contributed by atoms with E-state index in [2.05, 4.69) is 5.32 Å². The van der Waals surface area contributed by atoms with Gasteiger partial charge in [-0.25, -0.2) is 0 Å². The lowest BCUT2D eigenvalue weighted by Gasteiger charge is -2.16. The van der Waals surface area contributed by atoms with Crippen LogP contribution in [0.25, 0.3) is 0 Å². The highest BCUT2D eigenvalue weighted by molar-refractivity contribution is 6.31. The zero-order chi connectivity index (χ0) is 12.1. The van der Waals surface area contributed by atoms with E-state index in [0.29, 0.717) is 11.4 Å². The Labute approximate surface area is 101 Å². The first-order valence-corrected chi connectivity index (χ1v) is 5.68. The minimum Gasteiger partial charge on any atom is -0.349 e. The third-order valence-corrected chi connectivity index (χ3v) is 2.60. The molecular weight excluding hydrogens is 224 g/mol. The van der Waals surface area contributed by atoms with E-state index < -0.39 is 0 Å². The number of carbonyl (C=O) groups excluding carboxylic acids is 1. The van der Waals surface area contributed by atoms with Gasteiger partial charge in [-0.05, 0) is 25.5 Å². The first kappa shape index (κ1) is 13.0. The van der Waals surface area contributed by atoms with Crippen molar-refractivity contribution < 1.29 is 4.79 Å². The van der Waals surface area contributed by atoms with E-state index in [1.54, 1.807) is 6.92 Å². The van der Waals surface area contributed by atoms with Crippen LogP contribution in [0.3, 0.4) is 0 Å². The molecule has 0 spiro atoms. The van der Waals surface area contributed by atoms with Gasteiger partial charge < -0.3 is 11.1 Å². The summed E-state index contributed by atoms with van der Waals surface area (Å²) in [6.45, 7) is 3.71. The van der Waals surface area contributed by atoms with Gasteiger partial charge in [0.25, 0.3) is 0 Å². The van der Waals surface area contributed by atoms with Crippen molar-refractivity contribution in [2.24, 2.45) is 5.73 Å². The van der Waals surface area contributed by atoms with Gasteiger partial charge >= 0.3 is 0 Å². The SMILES string of the molecule is CC(N)CC(=O)N[C@@H](C)c1ccccc1Cl. The number of hydrogen-bond donors (Lipinski definition) is 2. The Bertz CT molecular complexity index is 366. The third-order valence-electron chi connectivity index (χ3n) is 2.26. The van der Waals surface area contributed by atoms with Crippen molar-refractivity contribution in [2.45, 2.75) is 32.4 Å². The molecule has 0 aliphatic carbocycles. The van der Waals surface area contributed by atoms with Gasteiger partial charge in [0.15, 0.2) is 0 Å². The van der Waals surface area contributed by atoms with Crippen molar-refractivity contribution in [3.8, 4) is 0 Å². The molecule has 3 N–H and O–H groups in total. The molecule has 88 valence electrons. The first-order chi connectivity index (χ1) is 7.50. The summed E-state index contributed by atoms with van der Waals surface area (Å²) in [5.74, 6) is -0.0533. The molecule has 0 bridgehead atoms. The quantitative estimate of drug-likeness (QED) is 0.848. The fourth-order valence-electron chi connectivity index (χ4n) is 1.50. The Kier molecular flexibility index (Phi) is 4.77. The molecule has 0 saturated heterocycles. The second-order valence-corrected chi connectivity index (χ2v) is 4.40. The van der Waals surface area contributed by atoms with Gasteiger partial charge in [-0.15, -0.1) is 0 Å². The smallest absolute Gasteiger partial charge is 0.222 e. The van der Waals surface area contributed by atoms with Crippen molar-refractivity contribution >= 4 is 17.5 Å². The maximum atomic E-state index is 11.5. The summed E-state index contributed by atoms with van der Waals surface area (Å²) in [5.41, 5.74) is 6.47. The average molecular weight is 241 g/mol. The molecule has 16 heavy (non-hydrogen) atoms. The molecule has 0 fully saturated rings. The van der Waals surface area contributed by atoms with Crippen LogP contribution in [0.5, 0.6) is 0 Å². The summed E-state index contributed by atoms with van der Waals surface area (Å²) in [5, 5.41) is 3.53. The van der Waals surface area contributed by atoms with Crippen LogP contribution in [0.1, 0.15) is 31.9 Å². The predicted molar refractivity (Wildman–Crippen MR) is 66.3 cm³/mol. The number of carbonyl (C=O) groups is 1. The van der Waals surface area contributed by atoms with Crippen LogP contribution in [-0.4, -0.2) is 11.9 Å². The Morgan fingerprint density at radius 1 is 1.44 bits per heavy atom. The van der Waals surface area contributed by atoms with Crippen molar-refractivity contribution in [2.75, 3.05) is 0 Å². The number of halogens is 1. The predicted octanol–water partition coefficient (Wildman–Crippen LogP) is 2.25. The Balaban J connectivity index is 2.62. The molecule has 1 aromatic carbocycles. The van der Waals surface area contributed by atoms with Crippen molar-refractivity contribution in [1.29, 1.82) is 0 Å². The minimum atomic E-state index is -0.126. The number of benzene rings is 1. The molecule has 3 nitrogen and oxygen atoms in total. The number of rotatable bonds is 4. The number of nitrogens with two attached hydrogens (primary N) is 1. The van der Waals surface area contributed by atoms with E-state index in [4.69, 9.17) is 17.3 Å². The van der Waals surface area contributed by atoms with Crippen LogP contribution in [0, 0.1) is 0 Å². The second-order valence-electron chi connectivity index (χ2n) is 3.99. The molecule has 2 atom stereocenters. The van der Waals surface area contributed by atoms with E-state index in [1.807, 2.05) is 31.2 Å². The zero-order valence-electron chi connectivity index (χ0n) is 9.53. The lowest BCUT2D eigenvalue weighted by molar-refractivity contribution is -0.121. The van der Waals surface area contributed by atoms with E-state index in [0.717, 1.165) is 5.56 Å². The zero-order valence-corrected chi connectivity index (χ0v) is 10.3. The Hall–Kier alpha value is -1.06. The van der Waals surface area contributed by atoms with Crippen molar-refractivity contribution in [3.63, 3.8) is 0 Å². The number of amides is 1. The topological polar surface area (TPSA) is 55.1 Å². The van der Waals surface area contributed by atoms with E-state index in [1.165, 1.54) is 0 Å². The van der Waals surface area contributed by atoms with Crippen LogP contribution in [-0.2, 0) is 4.79 Å². The Morgan fingerprint density at radius 3 is 2.62 bits per heavy atom. The summed E-state index contributed by atoms with van der Waals surface area (Å²) in [6.07, 6.45) is 0.328. The normalized spacial score (nSPS) is 14.2. The highest BCUT2D eigenvalue weighted by Crippen LogP contribution is 2.22. The fraction of sp³-hybridized carbons (Fsp3) is 0.417. The van der Waals surface area contributed by atoms with Crippen LogP contribution in [0.4, 0.5) is 0 Å². The molecule has 0 radical (unpaired) electrons. The second kappa shape index (κ2) is 5.87. The number of nitrogens with one attached hydrogen (secondary N) is 1. The molecule has 0 aliphatic rings. The molecule has 0 aromatic heterocycles. The third kappa shape index (κ3) is 3.83. The van der Waals surface area contributed by atoms with Crippen LogP contribution in [0.15, 0.2) is 24.3 Å². The first-order valence-electron chi connectivity index (χ1n) is 5.30. The molecule has 1 rings (SSSR count). The molecule has 1 aromatic rings. The summed E-state index contributed by atoms with van der Waals surface area (Å²) < 4.78 is 0. The van der Waals surface area contributed by atoms with Gasteiger partial charge in [-0.2, -0.15) is 0 Å². The largest absolute Gasteiger partial charge is 0.349 e. The lowest BCUT2D eigenvalue weighted by atomic mass is 10.1. The van der Waals surface area contributed by atoms with E-state index >= 15 is 0 Å². The standard InChI is InChI=1S/C12H17ClN2O/c1-8(14)7-12(16)15-9(2)10-5-3-4-6-11(10)13/h3-6,8-9H,7,14H2,1-2H3,(H,15,16)/t8?,9-/m0/s1. The molecule has 0 heterocycles. The number of hydrogen-bond acceptors (Lipinski definition) is 2. The lowest BCUT2D eigenvalue weighted by Crippen LogP contribution is -2.31. The summed E-state index contributed by atoms with van der Waals surface area (Å²) in [4.78, 5) is 11.5. The van der Waals surface area contributed by atoms with Crippen molar-refractivity contribution in [3.05, 3.63) is 34.9 Å². The van der Waals surface area contributed by atoms with Gasteiger partial charge in [0.1, 0.15) is 0 Å². The molecule has 0 saturated carbocycles. The highest BCUT2D eigenvalue weighted by atomic mass is 35.5. The monoisotopic (exact) mass is 240 g/mol. The maximum absolute atomic E-state index is 11.5. The van der Waals surface area contributed by atoms with E-state index in [9.17, 15) is 4.79 Å². The molecule has 0 aliphatic heterocycles. The van der Waals surface area contributed by atoms with Gasteiger partial charge in [0, 0.05) is 17.5 Å². The average Bonchev–Trinajstić information content (AvgIpc) is 2.16. The molecule has 4 heteroatoms. The van der Waals surface area contributed by atoms with Crippen LogP contribution < -0.4 is 11.1 Å². The molecule has 1 amide bonds. The van der Waals surface area contributed by atoms with Crippen LogP contribution >= 0.6 is 11.6 Å². The fourth-order valence-corrected chi connectivity index (χ4v) is 1.80. The van der Waals surface area contributed by atoms with Gasteiger partial charge in [-0.3, -0.25) is 4.79 Å². The van der Waals surface area contributed by atoms with E-state index in [-0.39, 0.29) is 18.0 Å². The van der Waals surface area contributed by atoms with Crippen LogP contribution in [0.2, 0.25) is 5.02 Å². The summed E-state index contributed by atoms with van der Waals surface area (Å²) in [6, 6.07) is 7.25. The molecular formula is C12H17ClN2O. The van der Waals surface area contributed by atoms with Crippen molar-refractivity contribution in [1.82, 2.24) is 5.32 Å². The summed E-state index contributed by atoms with van der Waals surface area (Å²) in [7, 11) is 0. The molecule has 1 unspecified atom stereocenters. The van der Waals surface area contributed by atoms with Gasteiger partial charge in [0.05, 0.1) is 6.04 Å². The maximum Gasteiger partial charge on any atom is 0.222 e. The van der Waals surface area contributed by atoms with Gasteiger partial charge in [0.2, 0.25) is 5.91 Å². The minimum absolute atomic E-state index is 0.0533. The Morgan fingerprint density at radius 2 is 2.06 bits per heavy atom.